The molecule has 0 radical (unpaired) electrons. The average Bonchev–Trinajstić information content (AvgIpc) is 3.65. The van der Waals surface area contributed by atoms with Crippen molar-refractivity contribution >= 4 is 26.8 Å². The molecule has 2 atom stereocenters. The summed E-state index contributed by atoms with van der Waals surface area (Å²) in [5.74, 6) is 0.0819. The number of benzene rings is 3. The van der Waals surface area contributed by atoms with Crippen molar-refractivity contribution in [2.24, 2.45) is 0 Å². The molecule has 0 bridgehead atoms. The second-order valence-corrected chi connectivity index (χ2v) is 13.2. The van der Waals surface area contributed by atoms with E-state index in [2.05, 4.69) is 0 Å². The molecule has 1 unspecified atom stereocenters. The highest BCUT2D eigenvalue weighted by molar-refractivity contribution is 7.89. The molecule has 3 aliphatic rings. The molecule has 3 aromatic carbocycles. The summed E-state index contributed by atoms with van der Waals surface area (Å²) in [6.07, 6.45) is 1.27. The lowest BCUT2D eigenvalue weighted by Crippen LogP contribution is -2.58. The number of ether oxygens (including phenoxy) is 2. The van der Waals surface area contributed by atoms with E-state index < -0.39 is 33.8 Å². The van der Waals surface area contributed by atoms with E-state index in [0.717, 1.165) is 53.8 Å². The number of nitrogens with zero attached hydrogens (tertiary/aromatic N) is 2. The Bertz CT molecular complexity index is 1600. The minimum absolute atomic E-state index is 0.0424. The summed E-state index contributed by atoms with van der Waals surface area (Å²) in [5.41, 5.74) is 0.736. The fourth-order valence-electron chi connectivity index (χ4n) is 6.61. The van der Waals surface area contributed by atoms with E-state index in [9.17, 15) is 26.4 Å². The molecule has 0 N–H and O–H groups in total. The third-order valence-corrected chi connectivity index (χ3v) is 10.7. The van der Waals surface area contributed by atoms with Crippen LogP contribution in [0.2, 0.25) is 0 Å². The van der Waals surface area contributed by atoms with Crippen LogP contribution in [-0.4, -0.2) is 62.5 Å². The lowest BCUT2D eigenvalue weighted by molar-refractivity contribution is -0.147. The average molecular weight is 603 g/mol. The number of halogens is 3. The molecule has 6 rings (SSSR count). The van der Waals surface area contributed by atoms with E-state index >= 15 is 0 Å². The smallest absolute Gasteiger partial charge is 0.416 e. The van der Waals surface area contributed by atoms with Crippen LogP contribution >= 0.6 is 0 Å². The zero-order valence-corrected chi connectivity index (χ0v) is 24.1. The topological polar surface area (TPSA) is 76.2 Å². The van der Waals surface area contributed by atoms with Crippen molar-refractivity contribution in [3.05, 3.63) is 71.3 Å². The van der Waals surface area contributed by atoms with E-state index in [4.69, 9.17) is 9.47 Å². The van der Waals surface area contributed by atoms with E-state index in [1.807, 2.05) is 23.1 Å². The maximum Gasteiger partial charge on any atom is 0.416 e. The van der Waals surface area contributed by atoms with Gasteiger partial charge in [-0.2, -0.15) is 17.5 Å². The van der Waals surface area contributed by atoms with Gasteiger partial charge in [-0.3, -0.25) is 9.69 Å². The van der Waals surface area contributed by atoms with Gasteiger partial charge in [0, 0.05) is 25.7 Å². The van der Waals surface area contributed by atoms with Crippen LogP contribution in [0.3, 0.4) is 0 Å². The van der Waals surface area contributed by atoms with Gasteiger partial charge in [0.05, 0.1) is 23.7 Å². The molecule has 2 aliphatic carbocycles. The molecule has 7 nitrogen and oxygen atoms in total. The first-order chi connectivity index (χ1) is 20.0. The Hall–Kier alpha value is -3.15. The molecule has 1 aliphatic heterocycles. The van der Waals surface area contributed by atoms with Crippen LogP contribution in [0.15, 0.2) is 59.5 Å². The second-order valence-electron chi connectivity index (χ2n) is 11.3. The van der Waals surface area contributed by atoms with Crippen LogP contribution in [0, 0.1) is 0 Å². The number of sulfonamides is 1. The Kier molecular flexibility index (Phi) is 7.69. The van der Waals surface area contributed by atoms with E-state index in [-0.39, 0.29) is 30.1 Å². The first-order valence-electron chi connectivity index (χ1n) is 14.3. The van der Waals surface area contributed by atoms with E-state index in [1.54, 1.807) is 18.2 Å². The summed E-state index contributed by atoms with van der Waals surface area (Å²) in [4.78, 5) is 15.0. The molecule has 3 aromatic rings. The Balaban J connectivity index is 1.23. The number of methoxy groups -OCH3 is 1. The predicted octanol–water partition coefficient (Wildman–Crippen LogP) is 5.72. The van der Waals surface area contributed by atoms with Gasteiger partial charge in [-0.25, -0.2) is 8.42 Å². The molecule has 1 saturated carbocycles. The number of rotatable bonds is 6. The standard InChI is InChI=1S/C31H33F3N2O5S/c1-40-30(37)29-19-35(28-13-8-22-16-23(31(32,33)34)9-12-27(22)28)14-15-36(29)42(38,39)26-11-7-20-17-25(10-6-21(20)18-26)41-24-4-2-3-5-24/h6-7,9-12,16-18,24,28-29H,2-5,8,13-15,19H2,1H3/t28?,29-/m0/s1. The normalized spacial score (nSPS) is 22.4. The number of hydrogen-bond acceptors (Lipinski definition) is 6. The van der Waals surface area contributed by atoms with Gasteiger partial charge in [-0.1, -0.05) is 18.2 Å². The fraction of sp³-hybridized carbons (Fsp3) is 0.452. The Morgan fingerprint density at radius 2 is 1.67 bits per heavy atom. The van der Waals surface area contributed by atoms with Gasteiger partial charge < -0.3 is 9.47 Å². The largest absolute Gasteiger partial charge is 0.490 e. The number of aryl methyl sites for hydroxylation is 1. The predicted molar refractivity (Wildman–Crippen MR) is 151 cm³/mol. The van der Waals surface area contributed by atoms with Crippen molar-refractivity contribution in [3.8, 4) is 5.75 Å². The number of alkyl halides is 3. The van der Waals surface area contributed by atoms with Gasteiger partial charge in [0.2, 0.25) is 10.0 Å². The minimum atomic E-state index is -4.42. The third kappa shape index (κ3) is 5.49. The zero-order valence-electron chi connectivity index (χ0n) is 23.3. The Morgan fingerprint density at radius 1 is 0.929 bits per heavy atom. The summed E-state index contributed by atoms with van der Waals surface area (Å²) in [5, 5.41) is 1.59. The molecule has 1 heterocycles. The minimum Gasteiger partial charge on any atom is -0.490 e. The molecule has 0 amide bonds. The molecular weight excluding hydrogens is 569 g/mol. The maximum atomic E-state index is 13.9. The van der Waals surface area contributed by atoms with E-state index in [0.29, 0.717) is 24.9 Å². The number of hydrogen-bond donors (Lipinski definition) is 0. The zero-order chi connectivity index (χ0) is 29.6. The molecule has 1 saturated heterocycles. The van der Waals surface area contributed by atoms with Crippen molar-refractivity contribution in [1.82, 2.24) is 9.21 Å². The molecule has 42 heavy (non-hydrogen) atoms. The highest BCUT2D eigenvalue weighted by Gasteiger charge is 2.44. The highest BCUT2D eigenvalue weighted by Crippen LogP contribution is 2.40. The molecule has 11 heteroatoms. The highest BCUT2D eigenvalue weighted by atomic mass is 32.2. The van der Waals surface area contributed by atoms with Gasteiger partial charge in [-0.05, 0) is 96.8 Å². The van der Waals surface area contributed by atoms with Crippen molar-refractivity contribution in [2.45, 2.75) is 67.8 Å². The second kappa shape index (κ2) is 11.2. The first-order valence-corrected chi connectivity index (χ1v) is 15.7. The monoisotopic (exact) mass is 602 g/mol. The molecule has 224 valence electrons. The Labute approximate surface area is 243 Å². The number of fused-ring (bicyclic) bond motifs is 2. The van der Waals surface area contributed by atoms with Crippen molar-refractivity contribution in [2.75, 3.05) is 26.7 Å². The maximum absolute atomic E-state index is 13.9. The van der Waals surface area contributed by atoms with Crippen LogP contribution in [0.4, 0.5) is 13.2 Å². The Morgan fingerprint density at radius 3 is 2.40 bits per heavy atom. The lowest BCUT2D eigenvalue weighted by Gasteiger charge is -2.41. The van der Waals surface area contributed by atoms with Crippen molar-refractivity contribution < 1.29 is 35.9 Å². The number of carbonyl (C=O) groups excluding carboxylic acids is 1. The molecular formula is C31H33F3N2O5S. The van der Waals surface area contributed by atoms with Crippen LogP contribution in [0.5, 0.6) is 5.75 Å². The summed E-state index contributed by atoms with van der Waals surface area (Å²) in [7, 11) is -2.85. The number of esters is 1. The van der Waals surface area contributed by atoms with Gasteiger partial charge in [-0.15, -0.1) is 0 Å². The van der Waals surface area contributed by atoms with Gasteiger partial charge in [0.1, 0.15) is 11.8 Å². The summed E-state index contributed by atoms with van der Waals surface area (Å²) in [6.45, 7) is 0.445. The summed E-state index contributed by atoms with van der Waals surface area (Å²) in [6, 6.07) is 13.0. The van der Waals surface area contributed by atoms with Crippen molar-refractivity contribution in [1.29, 1.82) is 0 Å². The summed E-state index contributed by atoms with van der Waals surface area (Å²) < 4.78 is 79.8. The third-order valence-electron chi connectivity index (χ3n) is 8.79. The van der Waals surface area contributed by atoms with Crippen LogP contribution in [0.25, 0.3) is 10.8 Å². The fourth-order valence-corrected chi connectivity index (χ4v) is 8.20. The van der Waals surface area contributed by atoms with Gasteiger partial charge in [0.15, 0.2) is 0 Å². The van der Waals surface area contributed by atoms with E-state index in [1.165, 1.54) is 23.5 Å². The van der Waals surface area contributed by atoms with Crippen LogP contribution < -0.4 is 4.74 Å². The van der Waals surface area contributed by atoms with Crippen LogP contribution in [0.1, 0.15) is 54.8 Å². The lowest BCUT2D eigenvalue weighted by atomic mass is 10.0. The quantitative estimate of drug-likeness (QED) is 0.336. The first kappa shape index (κ1) is 28.9. The SMILES string of the molecule is COC(=O)[C@@H]1CN(C2CCc3cc(C(F)(F)F)ccc32)CCN1S(=O)(=O)c1ccc2cc(OC3CCCC3)ccc2c1. The number of carbonyl (C=O) groups is 1. The summed E-state index contributed by atoms with van der Waals surface area (Å²) >= 11 is 0. The molecule has 2 fully saturated rings. The number of piperazine rings is 1. The van der Waals surface area contributed by atoms with Crippen molar-refractivity contribution in [3.63, 3.8) is 0 Å². The van der Waals surface area contributed by atoms with Gasteiger partial charge >= 0.3 is 12.1 Å². The molecule has 0 aromatic heterocycles. The van der Waals surface area contributed by atoms with Gasteiger partial charge in [0.25, 0.3) is 0 Å². The van der Waals surface area contributed by atoms with Crippen LogP contribution in [-0.2, 0) is 32.2 Å². The molecule has 0 spiro atoms.